The van der Waals surface area contributed by atoms with Crippen LogP contribution in [-0.4, -0.2) is 64.1 Å². The monoisotopic (exact) mass is 444 g/mol. The van der Waals surface area contributed by atoms with Crippen LogP contribution < -0.4 is 9.47 Å². The molecule has 7 nitrogen and oxygen atoms in total. The molecule has 0 spiro atoms. The molecule has 0 saturated carbocycles. The number of para-hydroxylation sites is 1. The van der Waals surface area contributed by atoms with Gasteiger partial charge in [0.25, 0.3) is 0 Å². The van der Waals surface area contributed by atoms with Crippen molar-refractivity contribution in [2.75, 3.05) is 6.61 Å². The first kappa shape index (κ1) is 23.3. The number of hydrogen-bond donors (Lipinski definition) is 4. The zero-order chi connectivity index (χ0) is 22.8. The second kappa shape index (κ2) is 9.41. The molecule has 4 N–H and O–H groups in total. The maximum Gasteiger partial charge on any atom is 0.573 e. The Balaban J connectivity index is 1.79. The third-order valence-electron chi connectivity index (χ3n) is 4.93. The van der Waals surface area contributed by atoms with Gasteiger partial charge in [0.15, 0.2) is 0 Å². The van der Waals surface area contributed by atoms with Crippen LogP contribution in [0.2, 0.25) is 0 Å². The van der Waals surface area contributed by atoms with Gasteiger partial charge in [-0.3, -0.25) is 0 Å². The highest BCUT2D eigenvalue weighted by Crippen LogP contribution is 2.31. The fourth-order valence-corrected chi connectivity index (χ4v) is 3.33. The van der Waals surface area contributed by atoms with Crippen molar-refractivity contribution in [1.29, 1.82) is 0 Å². The average molecular weight is 444 g/mol. The Bertz CT molecular complexity index is 870. The van der Waals surface area contributed by atoms with E-state index < -0.39 is 43.7 Å². The first-order chi connectivity index (χ1) is 14.6. The average Bonchev–Trinajstić information content (AvgIpc) is 2.71. The summed E-state index contributed by atoms with van der Waals surface area (Å²) in [5.74, 6) is 0.0146. The van der Waals surface area contributed by atoms with Crippen LogP contribution in [0.5, 0.6) is 11.5 Å². The van der Waals surface area contributed by atoms with Crippen LogP contribution in [0.3, 0.4) is 0 Å². The molecule has 3 rings (SSSR count). The summed E-state index contributed by atoms with van der Waals surface area (Å²) in [6, 6.07) is 10.6. The molecule has 1 aliphatic heterocycles. The van der Waals surface area contributed by atoms with Gasteiger partial charge in [0.1, 0.15) is 35.9 Å². The number of aliphatic hydroxyl groups is 4. The lowest BCUT2D eigenvalue weighted by molar-refractivity contribution is -0.277. The summed E-state index contributed by atoms with van der Waals surface area (Å²) in [5.41, 5.74) is 2.02. The minimum absolute atomic E-state index is 0.292. The third-order valence-corrected chi connectivity index (χ3v) is 4.93. The molecule has 1 fully saturated rings. The van der Waals surface area contributed by atoms with E-state index in [1.807, 2.05) is 0 Å². The molecule has 0 radical (unpaired) electrons. The number of hydrogen-bond acceptors (Lipinski definition) is 7. The number of benzene rings is 2. The number of alkyl halides is 3. The zero-order valence-corrected chi connectivity index (χ0v) is 16.5. The van der Waals surface area contributed by atoms with Crippen LogP contribution in [-0.2, 0) is 11.2 Å². The Morgan fingerprint density at radius 3 is 2.26 bits per heavy atom. The first-order valence-corrected chi connectivity index (χ1v) is 9.49. The number of rotatable bonds is 6. The zero-order valence-electron chi connectivity index (χ0n) is 16.5. The van der Waals surface area contributed by atoms with Crippen LogP contribution in [0, 0.1) is 6.92 Å². The fourth-order valence-electron chi connectivity index (χ4n) is 3.33. The van der Waals surface area contributed by atoms with Gasteiger partial charge in [-0.25, -0.2) is 0 Å². The molecule has 1 saturated heterocycles. The lowest BCUT2D eigenvalue weighted by Crippen LogP contribution is -2.60. The van der Waals surface area contributed by atoms with Crippen molar-refractivity contribution >= 4 is 0 Å². The molecule has 0 amide bonds. The SMILES string of the molecule is Cc1cccc(Cc2ccc(OC(F)(F)F)cc2)c1O[C@@H]1O[C@H](CO)[C@@H](O)[C@H](O)[C@H]1O. The van der Waals surface area contributed by atoms with E-state index in [0.29, 0.717) is 28.9 Å². The van der Waals surface area contributed by atoms with E-state index in [4.69, 9.17) is 9.47 Å². The molecular formula is C21H23F3O7. The van der Waals surface area contributed by atoms with Gasteiger partial charge in [0.2, 0.25) is 6.29 Å². The van der Waals surface area contributed by atoms with E-state index >= 15 is 0 Å². The summed E-state index contributed by atoms with van der Waals surface area (Å²) in [6.45, 7) is 1.17. The quantitative estimate of drug-likeness (QED) is 0.537. The maximum absolute atomic E-state index is 12.3. The van der Waals surface area contributed by atoms with Crippen molar-refractivity contribution in [2.24, 2.45) is 0 Å². The van der Waals surface area contributed by atoms with Gasteiger partial charge in [-0.2, -0.15) is 0 Å². The van der Waals surface area contributed by atoms with E-state index in [2.05, 4.69) is 4.74 Å². The lowest BCUT2D eigenvalue weighted by Gasteiger charge is -2.40. The molecular weight excluding hydrogens is 421 g/mol. The van der Waals surface area contributed by atoms with Gasteiger partial charge in [0, 0.05) is 6.42 Å². The fraction of sp³-hybridized carbons (Fsp3) is 0.429. The summed E-state index contributed by atoms with van der Waals surface area (Å²) in [4.78, 5) is 0. The Morgan fingerprint density at radius 2 is 1.65 bits per heavy atom. The third kappa shape index (κ3) is 5.66. The number of ether oxygens (including phenoxy) is 3. The van der Waals surface area contributed by atoms with E-state index in [9.17, 15) is 33.6 Å². The van der Waals surface area contributed by atoms with Crippen LogP contribution in [0.4, 0.5) is 13.2 Å². The van der Waals surface area contributed by atoms with Crippen LogP contribution in [0.15, 0.2) is 42.5 Å². The molecule has 31 heavy (non-hydrogen) atoms. The topological polar surface area (TPSA) is 109 Å². The molecule has 1 aliphatic rings. The molecule has 2 aromatic rings. The van der Waals surface area contributed by atoms with Gasteiger partial charge in [-0.15, -0.1) is 13.2 Å². The lowest BCUT2D eigenvalue weighted by atomic mass is 9.99. The largest absolute Gasteiger partial charge is 0.573 e. The number of aryl methyl sites for hydroxylation is 1. The molecule has 170 valence electrons. The van der Waals surface area contributed by atoms with Gasteiger partial charge < -0.3 is 34.6 Å². The molecule has 0 unspecified atom stereocenters. The van der Waals surface area contributed by atoms with E-state index in [1.165, 1.54) is 24.3 Å². The summed E-state index contributed by atoms with van der Waals surface area (Å²) in [6.07, 6.45) is -11.6. The smallest absolute Gasteiger partial charge is 0.461 e. The highest BCUT2D eigenvalue weighted by molar-refractivity contribution is 5.44. The van der Waals surface area contributed by atoms with E-state index in [0.717, 1.165) is 0 Å². The first-order valence-electron chi connectivity index (χ1n) is 9.49. The second-order valence-electron chi connectivity index (χ2n) is 7.25. The van der Waals surface area contributed by atoms with Gasteiger partial charge in [-0.05, 0) is 35.7 Å². The van der Waals surface area contributed by atoms with Crippen molar-refractivity contribution in [2.45, 2.75) is 50.4 Å². The molecule has 0 aromatic heterocycles. The predicted molar refractivity (Wildman–Crippen MR) is 102 cm³/mol. The highest BCUT2D eigenvalue weighted by atomic mass is 19.4. The minimum atomic E-state index is -4.77. The van der Waals surface area contributed by atoms with E-state index in [1.54, 1.807) is 25.1 Å². The predicted octanol–water partition coefficient (Wildman–Crippen LogP) is 1.66. The molecule has 0 aliphatic carbocycles. The van der Waals surface area contributed by atoms with Crippen molar-refractivity contribution in [3.8, 4) is 11.5 Å². The van der Waals surface area contributed by atoms with E-state index in [-0.39, 0.29) is 5.75 Å². The molecule has 1 heterocycles. The summed E-state index contributed by atoms with van der Waals surface area (Å²) < 4.78 is 52.1. The maximum atomic E-state index is 12.3. The van der Waals surface area contributed by atoms with Crippen molar-refractivity contribution in [3.63, 3.8) is 0 Å². The van der Waals surface area contributed by atoms with Gasteiger partial charge in [-0.1, -0.05) is 30.3 Å². The van der Waals surface area contributed by atoms with Crippen LogP contribution in [0.1, 0.15) is 16.7 Å². The second-order valence-corrected chi connectivity index (χ2v) is 7.25. The summed E-state index contributed by atoms with van der Waals surface area (Å²) >= 11 is 0. The van der Waals surface area contributed by atoms with Crippen molar-refractivity contribution in [1.82, 2.24) is 0 Å². The number of halogens is 3. The number of aliphatic hydroxyl groups excluding tert-OH is 4. The van der Waals surface area contributed by atoms with Crippen molar-refractivity contribution in [3.05, 3.63) is 59.2 Å². The summed E-state index contributed by atoms with van der Waals surface area (Å²) in [5, 5.41) is 39.4. The normalized spacial score (nSPS) is 26.5. The minimum Gasteiger partial charge on any atom is -0.461 e. The standard InChI is InChI=1S/C21H23F3O7/c1-11-3-2-4-13(9-12-5-7-14(8-6-12)31-21(22,23)24)19(11)30-20-18(28)17(27)16(26)15(10-25)29-20/h2-8,15-18,20,25-28H,9-10H2,1H3/t15-,16-,17+,18-,20+/m1/s1. The van der Waals surface area contributed by atoms with Crippen molar-refractivity contribution < 1.29 is 47.8 Å². The molecule has 2 aromatic carbocycles. The Morgan fingerprint density at radius 1 is 0.968 bits per heavy atom. The Kier molecular flexibility index (Phi) is 7.07. The summed E-state index contributed by atoms with van der Waals surface area (Å²) in [7, 11) is 0. The van der Waals surface area contributed by atoms with Crippen LogP contribution in [0.25, 0.3) is 0 Å². The Hall–Kier alpha value is -2.37. The highest BCUT2D eigenvalue weighted by Gasteiger charge is 2.45. The Labute approximate surface area is 176 Å². The van der Waals surface area contributed by atoms with Crippen LogP contribution >= 0.6 is 0 Å². The molecule has 5 atom stereocenters. The molecule has 10 heteroatoms. The van der Waals surface area contributed by atoms with Gasteiger partial charge >= 0.3 is 6.36 Å². The molecule has 0 bridgehead atoms. The van der Waals surface area contributed by atoms with Gasteiger partial charge in [0.05, 0.1) is 6.61 Å².